The highest BCUT2D eigenvalue weighted by molar-refractivity contribution is 7.89. The SMILES string of the molecule is Cc1cc(C)c(C)c(S(=O)(=O)NCC(F)(F)CO)c1C. The van der Waals surface area contributed by atoms with E-state index in [1.807, 2.05) is 10.8 Å². The highest BCUT2D eigenvalue weighted by Crippen LogP contribution is 2.26. The van der Waals surface area contributed by atoms with Gasteiger partial charge in [0.25, 0.3) is 5.92 Å². The van der Waals surface area contributed by atoms with Crippen molar-refractivity contribution >= 4 is 10.0 Å². The van der Waals surface area contributed by atoms with Crippen LogP contribution in [0.2, 0.25) is 0 Å². The van der Waals surface area contributed by atoms with Crippen LogP contribution < -0.4 is 4.72 Å². The van der Waals surface area contributed by atoms with Crippen LogP contribution in [0.1, 0.15) is 22.3 Å². The summed E-state index contributed by atoms with van der Waals surface area (Å²) in [6.07, 6.45) is 0. The fraction of sp³-hybridized carbons (Fsp3) is 0.538. The van der Waals surface area contributed by atoms with E-state index < -0.39 is 29.1 Å². The average Bonchev–Trinajstić information content (AvgIpc) is 2.34. The van der Waals surface area contributed by atoms with Gasteiger partial charge in [-0.1, -0.05) is 6.07 Å². The Morgan fingerprint density at radius 2 is 1.60 bits per heavy atom. The molecule has 0 amide bonds. The summed E-state index contributed by atoms with van der Waals surface area (Å²) in [6.45, 7) is 4.28. The minimum Gasteiger partial charge on any atom is -0.390 e. The Morgan fingerprint density at radius 1 is 1.15 bits per heavy atom. The minimum absolute atomic E-state index is 0.0312. The number of hydrogen-bond donors (Lipinski definition) is 2. The maximum Gasteiger partial charge on any atom is 0.283 e. The molecule has 0 fully saturated rings. The van der Waals surface area contributed by atoms with E-state index in [0.29, 0.717) is 11.1 Å². The van der Waals surface area contributed by atoms with Crippen molar-refractivity contribution in [2.75, 3.05) is 13.2 Å². The average molecular weight is 307 g/mol. The number of halogens is 2. The molecule has 0 saturated carbocycles. The van der Waals surface area contributed by atoms with Gasteiger partial charge in [-0.25, -0.2) is 21.9 Å². The molecule has 0 radical (unpaired) electrons. The topological polar surface area (TPSA) is 66.4 Å². The summed E-state index contributed by atoms with van der Waals surface area (Å²) in [7, 11) is -4.05. The highest BCUT2D eigenvalue weighted by atomic mass is 32.2. The van der Waals surface area contributed by atoms with Crippen LogP contribution in [0.4, 0.5) is 8.78 Å². The van der Waals surface area contributed by atoms with E-state index in [9.17, 15) is 17.2 Å². The second kappa shape index (κ2) is 5.75. The Morgan fingerprint density at radius 3 is 2.00 bits per heavy atom. The Labute approximate surface area is 117 Å². The Hall–Kier alpha value is -1.05. The van der Waals surface area contributed by atoms with E-state index in [1.165, 1.54) is 0 Å². The summed E-state index contributed by atoms with van der Waals surface area (Å²) >= 11 is 0. The lowest BCUT2D eigenvalue weighted by Gasteiger charge is -2.18. The number of alkyl halides is 2. The molecule has 1 rings (SSSR count). The first kappa shape index (κ1) is 17.0. The van der Waals surface area contributed by atoms with Crippen LogP contribution in [-0.2, 0) is 10.0 Å². The molecule has 0 unspecified atom stereocenters. The van der Waals surface area contributed by atoms with Gasteiger partial charge in [-0.3, -0.25) is 0 Å². The van der Waals surface area contributed by atoms with Gasteiger partial charge in [0.1, 0.15) is 6.61 Å². The lowest BCUT2D eigenvalue weighted by molar-refractivity contribution is -0.0437. The zero-order valence-electron chi connectivity index (χ0n) is 11.9. The van der Waals surface area contributed by atoms with E-state index in [4.69, 9.17) is 5.11 Å². The molecule has 0 heterocycles. The van der Waals surface area contributed by atoms with Crippen LogP contribution in [0, 0.1) is 27.7 Å². The van der Waals surface area contributed by atoms with Crippen molar-refractivity contribution in [3.8, 4) is 0 Å². The molecule has 1 aromatic carbocycles. The molecule has 20 heavy (non-hydrogen) atoms. The lowest BCUT2D eigenvalue weighted by Crippen LogP contribution is -2.39. The van der Waals surface area contributed by atoms with Crippen LogP contribution >= 0.6 is 0 Å². The number of benzene rings is 1. The van der Waals surface area contributed by atoms with Crippen molar-refractivity contribution in [1.29, 1.82) is 0 Å². The van der Waals surface area contributed by atoms with Gasteiger partial charge in [0.15, 0.2) is 0 Å². The molecular formula is C13H19F2NO3S. The normalized spacial score (nSPS) is 12.8. The zero-order valence-corrected chi connectivity index (χ0v) is 12.7. The quantitative estimate of drug-likeness (QED) is 0.872. The molecule has 114 valence electrons. The summed E-state index contributed by atoms with van der Waals surface area (Å²) < 4.78 is 52.3. The highest BCUT2D eigenvalue weighted by Gasteiger charge is 2.31. The maximum atomic E-state index is 13.0. The Kier molecular flexibility index (Phi) is 4.89. The maximum absolute atomic E-state index is 13.0. The number of aliphatic hydroxyl groups excluding tert-OH is 1. The van der Waals surface area contributed by atoms with E-state index in [0.717, 1.165) is 11.1 Å². The van der Waals surface area contributed by atoms with Crippen molar-refractivity contribution in [1.82, 2.24) is 4.72 Å². The number of rotatable bonds is 5. The van der Waals surface area contributed by atoms with Crippen LogP contribution in [0.5, 0.6) is 0 Å². The number of aliphatic hydroxyl groups is 1. The summed E-state index contributed by atoms with van der Waals surface area (Å²) in [4.78, 5) is 0.0312. The van der Waals surface area contributed by atoms with E-state index in [-0.39, 0.29) is 4.90 Å². The smallest absolute Gasteiger partial charge is 0.283 e. The first-order valence-corrected chi connectivity index (χ1v) is 7.56. The fourth-order valence-electron chi connectivity index (χ4n) is 1.91. The second-order valence-corrected chi connectivity index (χ2v) is 6.63. The number of hydrogen-bond acceptors (Lipinski definition) is 3. The van der Waals surface area contributed by atoms with E-state index in [1.54, 1.807) is 27.7 Å². The van der Waals surface area contributed by atoms with Gasteiger partial charge in [0, 0.05) is 0 Å². The van der Waals surface area contributed by atoms with Crippen LogP contribution in [0.25, 0.3) is 0 Å². The molecule has 0 aliphatic carbocycles. The third-order valence-corrected chi connectivity index (χ3v) is 4.99. The molecule has 0 atom stereocenters. The Bertz CT molecular complexity index is 586. The molecule has 0 bridgehead atoms. The molecular weight excluding hydrogens is 288 g/mol. The third kappa shape index (κ3) is 3.53. The minimum atomic E-state index is -4.05. The van der Waals surface area contributed by atoms with Crippen molar-refractivity contribution in [2.24, 2.45) is 0 Å². The summed E-state index contributed by atoms with van der Waals surface area (Å²) in [6, 6.07) is 1.85. The van der Waals surface area contributed by atoms with Gasteiger partial charge >= 0.3 is 0 Å². The van der Waals surface area contributed by atoms with Gasteiger partial charge in [-0.05, 0) is 49.9 Å². The van der Waals surface area contributed by atoms with Crippen molar-refractivity contribution in [2.45, 2.75) is 38.5 Å². The zero-order chi connectivity index (χ0) is 15.7. The number of aryl methyl sites for hydroxylation is 2. The van der Waals surface area contributed by atoms with Crippen LogP contribution in [0.15, 0.2) is 11.0 Å². The van der Waals surface area contributed by atoms with Gasteiger partial charge in [-0.15, -0.1) is 0 Å². The van der Waals surface area contributed by atoms with Crippen molar-refractivity contribution in [3.63, 3.8) is 0 Å². The molecule has 0 aliphatic heterocycles. The summed E-state index contributed by atoms with van der Waals surface area (Å²) in [5, 5.41) is 8.47. The van der Waals surface area contributed by atoms with Crippen molar-refractivity contribution < 1.29 is 22.3 Å². The molecule has 0 spiro atoms. The molecule has 1 aromatic rings. The van der Waals surface area contributed by atoms with Gasteiger partial charge in [0.05, 0.1) is 11.4 Å². The largest absolute Gasteiger partial charge is 0.390 e. The summed E-state index contributed by atoms with van der Waals surface area (Å²) in [5.74, 6) is -3.48. The molecule has 0 aliphatic rings. The van der Waals surface area contributed by atoms with Gasteiger partial charge in [-0.2, -0.15) is 0 Å². The van der Waals surface area contributed by atoms with Crippen LogP contribution in [0.3, 0.4) is 0 Å². The fourth-order valence-corrected chi connectivity index (χ4v) is 3.59. The predicted octanol–water partition coefficient (Wildman–Crippen LogP) is 1.83. The molecule has 0 saturated heterocycles. The third-order valence-electron chi connectivity index (χ3n) is 3.32. The first-order chi connectivity index (χ1) is 9.02. The van der Waals surface area contributed by atoms with Gasteiger partial charge < -0.3 is 5.11 Å². The molecule has 4 nitrogen and oxygen atoms in total. The summed E-state index contributed by atoms with van der Waals surface area (Å²) in [5.41, 5.74) is 2.63. The Balaban J connectivity index is 3.24. The number of sulfonamides is 1. The predicted molar refractivity (Wildman–Crippen MR) is 72.6 cm³/mol. The second-order valence-electron chi connectivity index (χ2n) is 4.93. The van der Waals surface area contributed by atoms with E-state index >= 15 is 0 Å². The van der Waals surface area contributed by atoms with Crippen LogP contribution in [-0.4, -0.2) is 32.6 Å². The van der Waals surface area contributed by atoms with Crippen molar-refractivity contribution in [3.05, 3.63) is 28.3 Å². The monoisotopic (exact) mass is 307 g/mol. The number of nitrogens with one attached hydrogen (secondary N) is 1. The molecule has 0 aromatic heterocycles. The molecule has 7 heteroatoms. The molecule has 2 N–H and O–H groups in total. The standard InChI is InChI=1S/C13H19F2NO3S/c1-8-5-9(2)11(4)12(10(8)3)20(18,19)16-6-13(14,15)7-17/h5,16-17H,6-7H2,1-4H3. The first-order valence-electron chi connectivity index (χ1n) is 6.07. The van der Waals surface area contributed by atoms with E-state index in [2.05, 4.69) is 0 Å². The lowest BCUT2D eigenvalue weighted by atomic mass is 10.0. The van der Waals surface area contributed by atoms with Gasteiger partial charge in [0.2, 0.25) is 10.0 Å².